The molecule has 2 atom stereocenters. The molecule has 2 N–H and O–H groups in total. The molecule has 0 radical (unpaired) electrons. The molecule has 3 saturated heterocycles. The number of nitrogens with one attached hydrogen (secondary N) is 1. The Morgan fingerprint density at radius 1 is 1.02 bits per heavy atom. The molecule has 2 aromatic carbocycles. The molecule has 3 fully saturated rings. The van der Waals surface area contributed by atoms with E-state index >= 15 is 0 Å². The van der Waals surface area contributed by atoms with Crippen molar-refractivity contribution >= 4 is 23.3 Å². The number of anilines is 2. The predicted octanol–water partition coefficient (Wildman–Crippen LogP) is 4.78. The third kappa shape index (κ3) is 8.43. The zero-order valence-corrected chi connectivity index (χ0v) is 23.6. The van der Waals surface area contributed by atoms with Crippen LogP contribution in [0.5, 0.6) is 0 Å². The van der Waals surface area contributed by atoms with Crippen LogP contribution in [0.4, 0.5) is 24.5 Å². The van der Waals surface area contributed by atoms with Gasteiger partial charge in [0.15, 0.2) is 0 Å². The zero-order chi connectivity index (χ0) is 29.6. The van der Waals surface area contributed by atoms with E-state index < -0.39 is 12.1 Å². The second kappa shape index (κ2) is 13.7. The topological polar surface area (TPSA) is 85.4 Å². The number of morpholine rings is 1. The molecule has 5 rings (SSSR count). The Morgan fingerprint density at radius 2 is 1.71 bits per heavy atom. The zero-order valence-electron chi connectivity index (χ0n) is 23.6. The second-order valence-corrected chi connectivity index (χ2v) is 11.0. The fourth-order valence-corrected chi connectivity index (χ4v) is 5.70. The Labute approximate surface area is 239 Å². The van der Waals surface area contributed by atoms with Crippen molar-refractivity contribution in [1.29, 1.82) is 0 Å². The number of likely N-dealkylation sites (tertiary alicyclic amines) is 1. The minimum Gasteiger partial charge on any atom is -0.475 e. The molecule has 8 nitrogen and oxygen atoms in total. The van der Waals surface area contributed by atoms with E-state index in [9.17, 15) is 18.0 Å². The predicted molar refractivity (Wildman–Crippen MR) is 151 cm³/mol. The van der Waals surface area contributed by atoms with Gasteiger partial charge in [-0.2, -0.15) is 13.2 Å². The Hall–Kier alpha value is -3.15. The van der Waals surface area contributed by atoms with E-state index in [0.717, 1.165) is 63.2 Å². The van der Waals surface area contributed by atoms with Crippen LogP contribution >= 0.6 is 0 Å². The first-order valence-corrected chi connectivity index (χ1v) is 14.1. The molecule has 0 spiro atoms. The van der Waals surface area contributed by atoms with E-state index in [-0.39, 0.29) is 5.91 Å². The van der Waals surface area contributed by atoms with Gasteiger partial charge in [-0.3, -0.25) is 14.6 Å². The summed E-state index contributed by atoms with van der Waals surface area (Å²) in [5.41, 5.74) is 5.17. The van der Waals surface area contributed by atoms with Gasteiger partial charge < -0.3 is 20.1 Å². The van der Waals surface area contributed by atoms with Gasteiger partial charge in [0, 0.05) is 61.7 Å². The molecule has 2 aromatic rings. The number of aliphatic carboxylic acids is 1. The molecular weight excluding hydrogens is 537 g/mol. The largest absolute Gasteiger partial charge is 0.490 e. The number of alkyl halides is 3. The smallest absolute Gasteiger partial charge is 0.475 e. The Balaban J connectivity index is 0.000000493. The monoisotopic (exact) mass is 576 g/mol. The number of benzene rings is 2. The minimum absolute atomic E-state index is 0.0574. The molecule has 0 bridgehead atoms. The van der Waals surface area contributed by atoms with Crippen molar-refractivity contribution in [2.75, 3.05) is 56.2 Å². The maximum atomic E-state index is 12.9. The lowest BCUT2D eigenvalue weighted by molar-refractivity contribution is -0.192. The summed E-state index contributed by atoms with van der Waals surface area (Å²) in [5, 5.41) is 10.2. The van der Waals surface area contributed by atoms with E-state index in [1.165, 1.54) is 37.1 Å². The fraction of sp³-hybridized carbons (Fsp3) is 0.533. The van der Waals surface area contributed by atoms with Gasteiger partial charge in [0.05, 0.1) is 13.2 Å². The minimum atomic E-state index is -5.08. The quantitative estimate of drug-likeness (QED) is 0.512. The number of carbonyl (C=O) groups is 2. The molecule has 11 heteroatoms. The molecule has 0 aromatic heterocycles. The SMILES string of the molecule is Cc1cc(N2CCC(N3CCCC3C)C2)ccc1NC(=O)c1ccc(CN2CCOCC2)cc1.O=C(O)C(F)(F)F. The number of carbonyl (C=O) groups excluding carboxylic acids is 1. The third-order valence-corrected chi connectivity index (χ3v) is 8.03. The summed E-state index contributed by atoms with van der Waals surface area (Å²) < 4.78 is 37.2. The van der Waals surface area contributed by atoms with Crippen LogP contribution in [-0.2, 0) is 16.1 Å². The van der Waals surface area contributed by atoms with Gasteiger partial charge in [-0.15, -0.1) is 0 Å². The van der Waals surface area contributed by atoms with E-state index in [1.54, 1.807) is 0 Å². The molecule has 3 heterocycles. The summed E-state index contributed by atoms with van der Waals surface area (Å²) in [6.07, 6.45) is -1.17. The van der Waals surface area contributed by atoms with Gasteiger partial charge in [-0.25, -0.2) is 4.79 Å². The number of aryl methyl sites for hydroxylation is 1. The van der Waals surface area contributed by atoms with E-state index in [2.05, 4.69) is 64.2 Å². The number of hydrogen-bond donors (Lipinski definition) is 2. The summed E-state index contributed by atoms with van der Waals surface area (Å²) in [4.78, 5) is 29.4. The third-order valence-electron chi connectivity index (χ3n) is 8.03. The van der Waals surface area contributed by atoms with Crippen molar-refractivity contribution in [1.82, 2.24) is 9.80 Å². The Morgan fingerprint density at radius 3 is 2.29 bits per heavy atom. The van der Waals surface area contributed by atoms with Crippen LogP contribution < -0.4 is 10.2 Å². The lowest BCUT2D eigenvalue weighted by Gasteiger charge is -2.28. The van der Waals surface area contributed by atoms with Crippen molar-refractivity contribution in [3.63, 3.8) is 0 Å². The van der Waals surface area contributed by atoms with Crippen LogP contribution in [0.2, 0.25) is 0 Å². The molecule has 224 valence electrons. The maximum Gasteiger partial charge on any atom is 0.490 e. The van der Waals surface area contributed by atoms with Crippen molar-refractivity contribution in [3.05, 3.63) is 59.2 Å². The van der Waals surface area contributed by atoms with Gasteiger partial charge >= 0.3 is 12.1 Å². The van der Waals surface area contributed by atoms with Gasteiger partial charge in [-0.1, -0.05) is 12.1 Å². The number of amides is 1. The molecule has 0 aliphatic carbocycles. The highest BCUT2D eigenvalue weighted by Gasteiger charge is 2.38. The van der Waals surface area contributed by atoms with Gasteiger partial charge in [0.25, 0.3) is 5.91 Å². The molecule has 2 unspecified atom stereocenters. The lowest BCUT2D eigenvalue weighted by atomic mass is 10.1. The number of carboxylic acid groups (broad SMARTS) is 1. The summed E-state index contributed by atoms with van der Waals surface area (Å²) in [6.45, 7) is 12.3. The highest BCUT2D eigenvalue weighted by atomic mass is 19.4. The molecule has 0 saturated carbocycles. The number of ether oxygens (including phenoxy) is 1. The number of halogens is 3. The van der Waals surface area contributed by atoms with Crippen LogP contribution in [0.3, 0.4) is 0 Å². The first-order valence-electron chi connectivity index (χ1n) is 14.1. The van der Waals surface area contributed by atoms with Crippen LogP contribution in [0.15, 0.2) is 42.5 Å². The second-order valence-electron chi connectivity index (χ2n) is 11.0. The molecule has 3 aliphatic heterocycles. The van der Waals surface area contributed by atoms with Gasteiger partial charge in [-0.05, 0) is 81.1 Å². The summed E-state index contributed by atoms with van der Waals surface area (Å²) in [7, 11) is 0. The average molecular weight is 577 g/mol. The standard InChI is InChI=1S/C28H38N4O2.C2HF3O2/c1-21-18-25(31-13-11-26(20-31)32-12-3-4-22(32)2)9-10-27(21)29-28(33)24-7-5-23(6-8-24)19-30-14-16-34-17-15-30;3-2(4,5)1(6)7/h5-10,18,22,26H,3-4,11-17,19-20H2,1-2H3,(H,29,33);(H,6,7). The van der Waals surface area contributed by atoms with Gasteiger partial charge in [0.2, 0.25) is 0 Å². The first-order chi connectivity index (χ1) is 19.5. The average Bonchev–Trinajstić information content (AvgIpc) is 3.60. The van der Waals surface area contributed by atoms with Crippen LogP contribution in [0.1, 0.15) is 47.7 Å². The number of nitrogens with zero attached hydrogens (tertiary/aromatic N) is 3. The molecule has 1 amide bonds. The van der Waals surface area contributed by atoms with Gasteiger partial charge in [0.1, 0.15) is 0 Å². The van der Waals surface area contributed by atoms with Crippen molar-refractivity contribution < 1.29 is 32.6 Å². The van der Waals surface area contributed by atoms with Crippen molar-refractivity contribution in [3.8, 4) is 0 Å². The summed E-state index contributed by atoms with van der Waals surface area (Å²) in [6, 6.07) is 15.8. The van der Waals surface area contributed by atoms with E-state index in [0.29, 0.717) is 11.6 Å². The van der Waals surface area contributed by atoms with Crippen molar-refractivity contribution in [2.45, 2.75) is 57.9 Å². The van der Waals surface area contributed by atoms with Crippen LogP contribution in [0, 0.1) is 6.92 Å². The van der Waals surface area contributed by atoms with Crippen LogP contribution in [-0.4, -0.2) is 91.0 Å². The van der Waals surface area contributed by atoms with Crippen molar-refractivity contribution in [2.24, 2.45) is 0 Å². The van der Waals surface area contributed by atoms with E-state index in [1.807, 2.05) is 12.1 Å². The molecule has 41 heavy (non-hydrogen) atoms. The first kappa shape index (κ1) is 30.8. The molecule has 3 aliphatic rings. The Kier molecular flexibility index (Phi) is 10.3. The summed E-state index contributed by atoms with van der Waals surface area (Å²) >= 11 is 0. The molecular formula is C30H39F3N4O4. The number of carboxylic acids is 1. The Bertz CT molecular complexity index is 1190. The highest BCUT2D eigenvalue weighted by Crippen LogP contribution is 2.30. The number of hydrogen-bond acceptors (Lipinski definition) is 6. The maximum absolute atomic E-state index is 12.9. The highest BCUT2D eigenvalue weighted by molar-refractivity contribution is 6.04. The van der Waals surface area contributed by atoms with Crippen LogP contribution in [0.25, 0.3) is 0 Å². The lowest BCUT2D eigenvalue weighted by Crippen LogP contribution is -2.39. The fourth-order valence-electron chi connectivity index (χ4n) is 5.70. The number of rotatable bonds is 6. The normalized spacial score (nSPS) is 21.8. The van der Waals surface area contributed by atoms with E-state index in [4.69, 9.17) is 14.6 Å². The summed E-state index contributed by atoms with van der Waals surface area (Å²) in [5.74, 6) is -2.81.